The summed E-state index contributed by atoms with van der Waals surface area (Å²) in [6, 6.07) is 3.64. The molecule has 0 aliphatic carbocycles. The number of amides is 1. The number of anilines is 1. The molecule has 3 N–H and O–H groups in total. The van der Waals surface area contributed by atoms with E-state index < -0.39 is 18.3 Å². The third-order valence-electron chi connectivity index (χ3n) is 4.82. The van der Waals surface area contributed by atoms with Crippen LogP contribution in [-0.2, 0) is 14.1 Å². The Labute approximate surface area is 155 Å². The first-order chi connectivity index (χ1) is 11.4. The molecule has 0 unspecified atom stereocenters. The van der Waals surface area contributed by atoms with Crippen LogP contribution in [0.2, 0.25) is 5.02 Å². The Morgan fingerprint density at radius 1 is 1.28 bits per heavy atom. The molecule has 0 spiro atoms. The predicted molar refractivity (Wildman–Crippen MR) is 103 cm³/mol. The Morgan fingerprint density at radius 3 is 2.36 bits per heavy atom. The number of nitrogen functional groups attached to an aromatic ring is 1. The molecular formula is C18H26BClN2O3. The van der Waals surface area contributed by atoms with E-state index in [0.29, 0.717) is 17.3 Å². The zero-order valence-electron chi connectivity index (χ0n) is 15.7. The number of rotatable bonds is 4. The van der Waals surface area contributed by atoms with Crippen LogP contribution in [-0.4, -0.2) is 30.8 Å². The molecule has 1 saturated heterocycles. The minimum Gasteiger partial charge on any atom is -0.400 e. The van der Waals surface area contributed by atoms with E-state index in [9.17, 15) is 4.79 Å². The zero-order chi connectivity index (χ0) is 19.0. The molecule has 0 aromatic heterocycles. The minimum absolute atomic E-state index is 0.123. The first-order valence-electron chi connectivity index (χ1n) is 8.29. The third kappa shape index (κ3) is 4.38. The van der Waals surface area contributed by atoms with Crippen molar-refractivity contribution in [1.29, 1.82) is 0 Å². The predicted octanol–water partition coefficient (Wildman–Crippen LogP) is 3.38. The van der Waals surface area contributed by atoms with Crippen molar-refractivity contribution in [2.45, 2.75) is 52.7 Å². The molecule has 1 aliphatic heterocycles. The van der Waals surface area contributed by atoms with Gasteiger partial charge in [0.2, 0.25) is 5.91 Å². The highest BCUT2D eigenvalue weighted by molar-refractivity contribution is 6.56. The number of hydrogen-bond donors (Lipinski definition) is 2. The van der Waals surface area contributed by atoms with Crippen molar-refractivity contribution in [3.8, 4) is 0 Å². The van der Waals surface area contributed by atoms with Gasteiger partial charge in [-0.25, -0.2) is 0 Å². The molecule has 0 radical (unpaired) electrons. The second-order valence-electron chi connectivity index (χ2n) is 7.45. The van der Waals surface area contributed by atoms with Crippen molar-refractivity contribution in [3.05, 3.63) is 33.8 Å². The maximum atomic E-state index is 11.4. The molecular weight excluding hydrogens is 338 g/mol. The minimum atomic E-state index is -0.564. The van der Waals surface area contributed by atoms with Gasteiger partial charge >= 0.3 is 7.12 Å². The van der Waals surface area contributed by atoms with Gasteiger partial charge in [0.1, 0.15) is 0 Å². The lowest BCUT2D eigenvalue weighted by Crippen LogP contribution is -2.41. The largest absolute Gasteiger partial charge is 0.492 e. The van der Waals surface area contributed by atoms with E-state index in [0.717, 1.165) is 16.6 Å². The van der Waals surface area contributed by atoms with E-state index in [4.69, 9.17) is 26.6 Å². The molecule has 1 fully saturated rings. The van der Waals surface area contributed by atoms with Crippen LogP contribution in [0.15, 0.2) is 17.6 Å². The molecule has 1 amide bonds. The summed E-state index contributed by atoms with van der Waals surface area (Å²) >= 11 is 6.33. The van der Waals surface area contributed by atoms with Crippen molar-refractivity contribution in [2.24, 2.45) is 0 Å². The number of nitrogens with one attached hydrogen (secondary N) is 1. The fraction of sp³-hybridized carbons (Fsp3) is 0.500. The van der Waals surface area contributed by atoms with Crippen LogP contribution in [0.5, 0.6) is 0 Å². The quantitative estimate of drug-likeness (QED) is 0.634. The Balaban J connectivity index is 2.40. The molecule has 0 atom stereocenters. The highest BCUT2D eigenvalue weighted by Gasteiger charge is 2.52. The van der Waals surface area contributed by atoms with Crippen LogP contribution in [0.25, 0.3) is 6.08 Å². The lowest BCUT2D eigenvalue weighted by Gasteiger charge is -2.32. The average molecular weight is 365 g/mol. The van der Waals surface area contributed by atoms with Crippen LogP contribution in [0.3, 0.4) is 0 Å². The average Bonchev–Trinajstić information content (AvgIpc) is 2.68. The van der Waals surface area contributed by atoms with Gasteiger partial charge in [0.25, 0.3) is 0 Å². The smallest absolute Gasteiger partial charge is 0.400 e. The van der Waals surface area contributed by atoms with E-state index in [1.54, 1.807) is 6.07 Å². The lowest BCUT2D eigenvalue weighted by molar-refractivity contribution is -0.118. The molecule has 136 valence electrons. The molecule has 1 heterocycles. The first-order valence-corrected chi connectivity index (χ1v) is 8.67. The number of benzene rings is 1. The van der Waals surface area contributed by atoms with Crippen LogP contribution in [0, 0.1) is 6.92 Å². The maximum absolute atomic E-state index is 11.4. The number of hydrogen-bond acceptors (Lipinski definition) is 4. The van der Waals surface area contributed by atoms with Gasteiger partial charge in [0.05, 0.1) is 11.2 Å². The molecule has 2 rings (SSSR count). The highest BCUT2D eigenvalue weighted by Crippen LogP contribution is 2.39. The molecule has 0 saturated carbocycles. The molecule has 1 aromatic carbocycles. The molecule has 1 aliphatic rings. The summed E-state index contributed by atoms with van der Waals surface area (Å²) in [6.45, 7) is 11.7. The normalized spacial score (nSPS) is 19.2. The maximum Gasteiger partial charge on any atom is 0.492 e. The van der Waals surface area contributed by atoms with Gasteiger partial charge in [-0.05, 0) is 63.4 Å². The summed E-state index contributed by atoms with van der Waals surface area (Å²) in [4.78, 5) is 11.4. The molecule has 25 heavy (non-hydrogen) atoms. The topological polar surface area (TPSA) is 73.6 Å². The number of halogens is 1. The van der Waals surface area contributed by atoms with Crippen LogP contribution in [0.4, 0.5) is 5.69 Å². The van der Waals surface area contributed by atoms with Crippen molar-refractivity contribution in [2.75, 3.05) is 12.3 Å². The van der Waals surface area contributed by atoms with E-state index in [1.807, 2.05) is 46.8 Å². The summed E-state index contributed by atoms with van der Waals surface area (Å²) in [6.07, 6.45) is 1.90. The summed E-state index contributed by atoms with van der Waals surface area (Å²) in [5.74, 6) is -0.123. The summed E-state index contributed by atoms with van der Waals surface area (Å²) in [5, 5.41) is 3.35. The monoisotopic (exact) mass is 364 g/mol. The molecule has 1 aromatic rings. The lowest BCUT2D eigenvalue weighted by atomic mass is 9.77. The number of nitrogens with two attached hydrogens (primary N) is 1. The van der Waals surface area contributed by atoms with E-state index in [2.05, 4.69) is 5.32 Å². The molecule has 5 nitrogen and oxygen atoms in total. The van der Waals surface area contributed by atoms with Gasteiger partial charge in [0, 0.05) is 24.2 Å². The second-order valence-corrected chi connectivity index (χ2v) is 7.85. The second kappa shape index (κ2) is 7.02. The van der Waals surface area contributed by atoms with Crippen molar-refractivity contribution in [1.82, 2.24) is 5.32 Å². The van der Waals surface area contributed by atoms with Gasteiger partial charge < -0.3 is 20.4 Å². The Bertz CT molecular complexity index is 701. The molecule has 7 heteroatoms. The van der Waals surface area contributed by atoms with E-state index >= 15 is 0 Å². The van der Waals surface area contributed by atoms with Crippen LogP contribution >= 0.6 is 11.6 Å². The molecule has 0 bridgehead atoms. The highest BCUT2D eigenvalue weighted by atomic mass is 35.5. The van der Waals surface area contributed by atoms with Gasteiger partial charge in [-0.1, -0.05) is 17.7 Å². The SMILES string of the molecule is CC(=O)NCC(=Cc1cc(C)c(N)cc1Cl)B1OC(C)(C)C(C)(C)O1. The third-order valence-corrected chi connectivity index (χ3v) is 5.15. The van der Waals surface area contributed by atoms with Crippen molar-refractivity contribution >= 4 is 36.4 Å². The standard InChI is InChI=1S/C18H26BClN2O3/c1-11-7-13(15(20)9-16(11)21)8-14(10-22-12(2)23)19-24-17(3,4)18(5,6)25-19/h7-9H,10,21H2,1-6H3,(H,22,23). The first kappa shape index (κ1) is 19.8. The Morgan fingerprint density at radius 2 is 1.84 bits per heavy atom. The van der Waals surface area contributed by atoms with Crippen LogP contribution in [0.1, 0.15) is 45.7 Å². The Kier molecular flexibility index (Phi) is 5.57. The fourth-order valence-corrected chi connectivity index (χ4v) is 2.68. The fourth-order valence-electron chi connectivity index (χ4n) is 2.45. The van der Waals surface area contributed by atoms with Gasteiger partial charge in [-0.2, -0.15) is 0 Å². The van der Waals surface area contributed by atoms with E-state index in [-0.39, 0.29) is 5.91 Å². The van der Waals surface area contributed by atoms with Gasteiger partial charge in [-0.15, -0.1) is 0 Å². The summed E-state index contributed by atoms with van der Waals surface area (Å²) < 4.78 is 12.2. The number of carbonyl (C=O) groups is 1. The zero-order valence-corrected chi connectivity index (χ0v) is 16.5. The number of carbonyl (C=O) groups excluding carboxylic acids is 1. The summed E-state index contributed by atoms with van der Waals surface area (Å²) in [7, 11) is -0.564. The van der Waals surface area contributed by atoms with Crippen LogP contribution < -0.4 is 11.1 Å². The number of aryl methyl sites for hydroxylation is 1. The van der Waals surface area contributed by atoms with Crippen molar-refractivity contribution < 1.29 is 14.1 Å². The van der Waals surface area contributed by atoms with Crippen molar-refractivity contribution in [3.63, 3.8) is 0 Å². The summed E-state index contributed by atoms with van der Waals surface area (Å²) in [5.41, 5.74) is 8.15. The van der Waals surface area contributed by atoms with Gasteiger partial charge in [-0.3, -0.25) is 4.79 Å². The van der Waals surface area contributed by atoms with E-state index in [1.165, 1.54) is 6.92 Å². The Hall–Kier alpha value is -1.50. The van der Waals surface area contributed by atoms with Gasteiger partial charge in [0.15, 0.2) is 0 Å².